The molecule has 1 fully saturated rings. The Hall–Kier alpha value is -1.75. The summed E-state index contributed by atoms with van der Waals surface area (Å²) in [6, 6.07) is 4.74. The number of aromatic carboxylic acids is 1. The molecule has 0 amide bonds. The van der Waals surface area contributed by atoms with Gasteiger partial charge < -0.3 is 20.9 Å². The molecule has 5 heteroatoms. The molecule has 0 bridgehead atoms. The van der Waals surface area contributed by atoms with Gasteiger partial charge in [-0.3, -0.25) is 0 Å². The van der Waals surface area contributed by atoms with Gasteiger partial charge in [-0.05, 0) is 31.0 Å². The number of ether oxygens (including phenoxy) is 1. The lowest BCUT2D eigenvalue weighted by Crippen LogP contribution is -2.16. The van der Waals surface area contributed by atoms with Crippen LogP contribution in [0.3, 0.4) is 0 Å². The van der Waals surface area contributed by atoms with E-state index in [1.165, 1.54) is 18.9 Å². The van der Waals surface area contributed by atoms with Crippen LogP contribution in [0.15, 0.2) is 18.2 Å². The minimum Gasteiger partial charge on any atom is -0.478 e. The average Bonchev–Trinajstić information content (AvgIpc) is 2.87. The molecule has 0 atom stereocenters. The zero-order valence-electron chi connectivity index (χ0n) is 10.9. The predicted octanol–water partition coefficient (Wildman–Crippen LogP) is 2.34. The Morgan fingerprint density at radius 3 is 2.84 bits per heavy atom. The summed E-state index contributed by atoms with van der Waals surface area (Å²) in [6.07, 6.45) is 5.14. The van der Waals surface area contributed by atoms with Crippen LogP contribution in [0.25, 0.3) is 0 Å². The third-order valence-electron chi connectivity index (χ3n) is 3.35. The number of benzene rings is 1. The molecule has 0 aromatic heterocycles. The van der Waals surface area contributed by atoms with Crippen molar-refractivity contribution in [3.8, 4) is 0 Å². The number of anilines is 2. The summed E-state index contributed by atoms with van der Waals surface area (Å²) in [7, 11) is 0. The van der Waals surface area contributed by atoms with Crippen molar-refractivity contribution in [3.05, 3.63) is 23.8 Å². The highest BCUT2D eigenvalue weighted by molar-refractivity contribution is 5.95. The van der Waals surface area contributed by atoms with Crippen LogP contribution in [0, 0.1) is 0 Å². The topological polar surface area (TPSA) is 84.6 Å². The van der Waals surface area contributed by atoms with E-state index in [9.17, 15) is 4.79 Å². The van der Waals surface area contributed by atoms with E-state index < -0.39 is 5.97 Å². The van der Waals surface area contributed by atoms with Gasteiger partial charge in [0.05, 0.1) is 24.0 Å². The number of rotatable bonds is 6. The first-order valence-electron chi connectivity index (χ1n) is 6.65. The molecule has 2 rings (SSSR count). The summed E-state index contributed by atoms with van der Waals surface area (Å²) in [5, 5.41) is 12.1. The van der Waals surface area contributed by atoms with Crippen LogP contribution in [0.2, 0.25) is 0 Å². The van der Waals surface area contributed by atoms with Crippen LogP contribution >= 0.6 is 0 Å². The first kappa shape index (κ1) is 13.7. The van der Waals surface area contributed by atoms with Crippen LogP contribution in [-0.2, 0) is 4.74 Å². The smallest absolute Gasteiger partial charge is 0.337 e. The number of hydrogen-bond donors (Lipinski definition) is 3. The van der Waals surface area contributed by atoms with Crippen LogP contribution in [-0.4, -0.2) is 30.3 Å². The van der Waals surface area contributed by atoms with Gasteiger partial charge in [-0.25, -0.2) is 4.79 Å². The summed E-state index contributed by atoms with van der Waals surface area (Å²) >= 11 is 0. The van der Waals surface area contributed by atoms with E-state index in [4.69, 9.17) is 15.6 Å². The normalized spacial score (nSPS) is 15.6. The van der Waals surface area contributed by atoms with Crippen LogP contribution in [0.1, 0.15) is 36.0 Å². The predicted molar refractivity (Wildman–Crippen MR) is 74.5 cm³/mol. The van der Waals surface area contributed by atoms with Gasteiger partial charge in [0, 0.05) is 12.2 Å². The van der Waals surface area contributed by atoms with E-state index in [2.05, 4.69) is 5.32 Å². The maximum atomic E-state index is 11.1. The molecule has 0 heterocycles. The summed E-state index contributed by atoms with van der Waals surface area (Å²) in [5.41, 5.74) is 6.99. The van der Waals surface area contributed by atoms with Crippen molar-refractivity contribution < 1.29 is 14.6 Å². The fraction of sp³-hybridized carbons (Fsp3) is 0.500. The minimum atomic E-state index is -0.959. The Balaban J connectivity index is 1.84. The van der Waals surface area contributed by atoms with E-state index >= 15 is 0 Å². The Bertz CT molecular complexity index is 442. The SMILES string of the molecule is Nc1ccc(C(=O)O)c(NCCOC2CCCC2)c1. The Morgan fingerprint density at radius 1 is 1.42 bits per heavy atom. The molecule has 1 saturated carbocycles. The van der Waals surface area contributed by atoms with Crippen molar-refractivity contribution in [1.29, 1.82) is 0 Å². The molecule has 1 aromatic carbocycles. The number of carboxylic acid groups (broad SMARTS) is 1. The monoisotopic (exact) mass is 264 g/mol. The standard InChI is InChI=1S/C14H20N2O3/c15-10-5-6-12(14(17)18)13(9-10)16-7-8-19-11-3-1-2-4-11/h5-6,9,11,16H,1-4,7-8,15H2,(H,17,18). The second kappa shape index (κ2) is 6.43. The molecular weight excluding hydrogens is 244 g/mol. The number of hydrogen-bond acceptors (Lipinski definition) is 4. The molecule has 1 aromatic rings. The highest BCUT2D eigenvalue weighted by Gasteiger charge is 2.15. The second-order valence-electron chi connectivity index (χ2n) is 4.81. The van der Waals surface area contributed by atoms with E-state index in [1.54, 1.807) is 12.1 Å². The van der Waals surface area contributed by atoms with Gasteiger partial charge in [0.1, 0.15) is 0 Å². The van der Waals surface area contributed by atoms with Crippen LogP contribution in [0.4, 0.5) is 11.4 Å². The molecule has 0 unspecified atom stereocenters. The van der Waals surface area contributed by atoms with Crippen molar-refractivity contribution in [1.82, 2.24) is 0 Å². The average molecular weight is 264 g/mol. The number of carbonyl (C=O) groups is 1. The molecule has 1 aliphatic carbocycles. The Labute approximate surface area is 112 Å². The lowest BCUT2D eigenvalue weighted by molar-refractivity contribution is 0.0656. The molecule has 4 N–H and O–H groups in total. The Morgan fingerprint density at radius 2 is 2.16 bits per heavy atom. The minimum absolute atomic E-state index is 0.232. The van der Waals surface area contributed by atoms with Gasteiger partial charge in [0.2, 0.25) is 0 Å². The highest BCUT2D eigenvalue weighted by Crippen LogP contribution is 2.21. The van der Waals surface area contributed by atoms with Crippen molar-refractivity contribution in [3.63, 3.8) is 0 Å². The van der Waals surface area contributed by atoms with Crippen molar-refractivity contribution in [2.24, 2.45) is 0 Å². The highest BCUT2D eigenvalue weighted by atomic mass is 16.5. The van der Waals surface area contributed by atoms with Gasteiger partial charge in [0.25, 0.3) is 0 Å². The summed E-state index contributed by atoms with van der Waals surface area (Å²) in [4.78, 5) is 11.1. The van der Waals surface area contributed by atoms with Crippen LogP contribution in [0.5, 0.6) is 0 Å². The zero-order valence-corrected chi connectivity index (χ0v) is 10.9. The van der Waals surface area contributed by atoms with Crippen molar-refractivity contribution in [2.45, 2.75) is 31.8 Å². The molecule has 0 spiro atoms. The third kappa shape index (κ3) is 3.86. The number of nitrogens with two attached hydrogens (primary N) is 1. The molecule has 0 radical (unpaired) electrons. The molecular formula is C14H20N2O3. The quantitative estimate of drug-likeness (QED) is 0.542. The first-order valence-corrected chi connectivity index (χ1v) is 6.65. The molecule has 1 aliphatic rings. The Kier molecular flexibility index (Phi) is 4.63. The first-order chi connectivity index (χ1) is 9.16. The van der Waals surface area contributed by atoms with E-state index in [0.29, 0.717) is 30.6 Å². The second-order valence-corrected chi connectivity index (χ2v) is 4.81. The summed E-state index contributed by atoms with van der Waals surface area (Å²) in [6.45, 7) is 1.17. The molecule has 0 saturated heterocycles. The van der Waals surface area contributed by atoms with Crippen LogP contribution < -0.4 is 11.1 Å². The maximum Gasteiger partial charge on any atom is 0.337 e. The summed E-state index contributed by atoms with van der Waals surface area (Å²) < 4.78 is 5.71. The van der Waals surface area contributed by atoms with Gasteiger partial charge in [-0.2, -0.15) is 0 Å². The van der Waals surface area contributed by atoms with Crippen molar-refractivity contribution >= 4 is 17.3 Å². The fourth-order valence-electron chi connectivity index (χ4n) is 2.36. The zero-order chi connectivity index (χ0) is 13.7. The van der Waals surface area contributed by atoms with Crippen molar-refractivity contribution in [2.75, 3.05) is 24.2 Å². The number of nitrogen functional groups attached to an aromatic ring is 1. The molecule has 104 valence electrons. The molecule has 5 nitrogen and oxygen atoms in total. The number of carboxylic acids is 1. The lowest BCUT2D eigenvalue weighted by atomic mass is 10.1. The largest absolute Gasteiger partial charge is 0.478 e. The lowest BCUT2D eigenvalue weighted by Gasteiger charge is -2.13. The third-order valence-corrected chi connectivity index (χ3v) is 3.35. The van der Waals surface area contributed by atoms with E-state index in [1.807, 2.05) is 0 Å². The van der Waals surface area contributed by atoms with Gasteiger partial charge in [0.15, 0.2) is 0 Å². The maximum absolute atomic E-state index is 11.1. The van der Waals surface area contributed by atoms with Gasteiger partial charge in [-0.15, -0.1) is 0 Å². The van der Waals surface area contributed by atoms with Gasteiger partial charge >= 0.3 is 5.97 Å². The number of nitrogens with one attached hydrogen (secondary N) is 1. The molecule has 0 aliphatic heterocycles. The van der Waals surface area contributed by atoms with Gasteiger partial charge in [-0.1, -0.05) is 12.8 Å². The van der Waals surface area contributed by atoms with E-state index in [0.717, 1.165) is 12.8 Å². The molecule has 19 heavy (non-hydrogen) atoms. The fourth-order valence-corrected chi connectivity index (χ4v) is 2.36. The van der Waals surface area contributed by atoms with E-state index in [-0.39, 0.29) is 5.56 Å². The summed E-state index contributed by atoms with van der Waals surface area (Å²) in [5.74, 6) is -0.959.